The van der Waals surface area contributed by atoms with Gasteiger partial charge in [-0.15, -0.1) is 0 Å². The van der Waals surface area contributed by atoms with Crippen LogP contribution in [0, 0.1) is 16.7 Å². The molecule has 2 aliphatic carbocycles. The average molecular weight is 234 g/mol. The molecule has 0 aromatic heterocycles. The molecule has 0 spiro atoms. The maximum Gasteiger partial charge on any atom is 0.133 e. The minimum atomic E-state index is 0.152. The van der Waals surface area contributed by atoms with Crippen LogP contribution in [0.3, 0.4) is 0 Å². The van der Waals surface area contributed by atoms with Crippen LogP contribution in [0.15, 0.2) is 11.1 Å². The number of hydrogen-bond donors (Lipinski definition) is 0. The normalized spacial score (nSPS) is 31.0. The van der Waals surface area contributed by atoms with Crippen LogP contribution < -0.4 is 0 Å². The van der Waals surface area contributed by atoms with Crippen molar-refractivity contribution < 1.29 is 4.79 Å². The first-order valence-electron chi connectivity index (χ1n) is 6.96. The monoisotopic (exact) mass is 234 g/mol. The number of hydrogen-bond acceptors (Lipinski definition) is 1. The van der Waals surface area contributed by atoms with Crippen molar-refractivity contribution in [2.45, 2.75) is 66.7 Å². The van der Waals surface area contributed by atoms with E-state index in [1.54, 1.807) is 18.1 Å². The van der Waals surface area contributed by atoms with Gasteiger partial charge in [-0.3, -0.25) is 4.79 Å². The molecule has 1 nitrogen and oxygen atoms in total. The summed E-state index contributed by atoms with van der Waals surface area (Å²) in [4.78, 5) is 11.8. The van der Waals surface area contributed by atoms with Gasteiger partial charge in [0.25, 0.3) is 0 Å². The van der Waals surface area contributed by atoms with Crippen molar-refractivity contribution >= 4 is 5.78 Å². The molecule has 1 atom stereocenters. The molecule has 0 amide bonds. The Morgan fingerprint density at radius 2 is 1.88 bits per heavy atom. The Morgan fingerprint density at radius 1 is 1.24 bits per heavy atom. The molecule has 0 aromatic carbocycles. The number of ketones is 1. The zero-order valence-corrected chi connectivity index (χ0v) is 12.0. The van der Waals surface area contributed by atoms with Crippen molar-refractivity contribution in [3.63, 3.8) is 0 Å². The van der Waals surface area contributed by atoms with E-state index in [0.29, 0.717) is 11.2 Å². The molecular formula is C16H26O. The van der Waals surface area contributed by atoms with Gasteiger partial charge in [-0.1, -0.05) is 38.8 Å². The highest BCUT2D eigenvalue weighted by Crippen LogP contribution is 2.53. The Kier molecular flexibility index (Phi) is 3.00. The van der Waals surface area contributed by atoms with Gasteiger partial charge in [0.05, 0.1) is 0 Å². The van der Waals surface area contributed by atoms with Crippen LogP contribution in [0.25, 0.3) is 0 Å². The van der Waals surface area contributed by atoms with Crippen LogP contribution in [0.1, 0.15) is 66.7 Å². The lowest BCUT2D eigenvalue weighted by molar-refractivity contribution is -0.124. The van der Waals surface area contributed by atoms with Crippen molar-refractivity contribution in [3.05, 3.63) is 11.1 Å². The van der Waals surface area contributed by atoms with E-state index in [0.717, 1.165) is 12.8 Å². The molecule has 2 rings (SSSR count). The summed E-state index contributed by atoms with van der Waals surface area (Å²) in [5.74, 6) is 0.625. The highest BCUT2D eigenvalue weighted by Gasteiger charge is 2.43. The van der Waals surface area contributed by atoms with Crippen molar-refractivity contribution in [2.24, 2.45) is 16.7 Å². The molecule has 1 unspecified atom stereocenters. The Morgan fingerprint density at radius 3 is 2.47 bits per heavy atom. The van der Waals surface area contributed by atoms with Crippen LogP contribution in [-0.4, -0.2) is 5.78 Å². The molecule has 0 aliphatic heterocycles. The van der Waals surface area contributed by atoms with E-state index in [-0.39, 0.29) is 11.3 Å². The number of rotatable bonds is 1. The minimum Gasteiger partial charge on any atom is -0.300 e. The molecular weight excluding hydrogens is 208 g/mol. The fraction of sp³-hybridized carbons (Fsp3) is 0.812. The fourth-order valence-corrected chi connectivity index (χ4v) is 3.91. The van der Waals surface area contributed by atoms with E-state index in [4.69, 9.17) is 0 Å². The standard InChI is InChI=1S/C16H26O/c1-11(17)13-9-12-7-6-8-15(2,3)14(12)10-16(13,4)5/h13H,6-10H2,1-5H3. The Bertz CT molecular complexity index is 371. The van der Waals surface area contributed by atoms with Gasteiger partial charge in [0.15, 0.2) is 0 Å². The van der Waals surface area contributed by atoms with E-state index in [1.807, 2.05) is 0 Å². The van der Waals surface area contributed by atoms with E-state index in [1.165, 1.54) is 19.3 Å². The molecule has 0 radical (unpaired) electrons. The molecule has 0 heterocycles. The molecule has 2 aliphatic rings. The molecule has 1 heteroatoms. The van der Waals surface area contributed by atoms with Gasteiger partial charge in [0.1, 0.15) is 5.78 Å². The van der Waals surface area contributed by atoms with Gasteiger partial charge >= 0.3 is 0 Å². The maximum absolute atomic E-state index is 11.8. The zero-order valence-electron chi connectivity index (χ0n) is 12.0. The van der Waals surface area contributed by atoms with Crippen molar-refractivity contribution in [1.29, 1.82) is 0 Å². The highest BCUT2D eigenvalue weighted by atomic mass is 16.1. The Labute approximate surface area is 106 Å². The average Bonchev–Trinajstić information content (AvgIpc) is 2.17. The molecule has 0 N–H and O–H groups in total. The second-order valence-electron chi connectivity index (χ2n) is 7.35. The molecule has 0 aromatic rings. The first-order chi connectivity index (χ1) is 7.74. The lowest BCUT2D eigenvalue weighted by Gasteiger charge is -2.47. The Hall–Kier alpha value is -0.590. The first kappa shape index (κ1) is 12.9. The summed E-state index contributed by atoms with van der Waals surface area (Å²) in [6, 6.07) is 0. The number of carbonyl (C=O) groups is 1. The van der Waals surface area contributed by atoms with Crippen molar-refractivity contribution in [3.8, 4) is 0 Å². The van der Waals surface area contributed by atoms with Crippen LogP contribution in [0.5, 0.6) is 0 Å². The van der Waals surface area contributed by atoms with Crippen LogP contribution in [-0.2, 0) is 4.79 Å². The summed E-state index contributed by atoms with van der Waals surface area (Å²) in [5, 5.41) is 0. The van der Waals surface area contributed by atoms with Crippen LogP contribution in [0.2, 0.25) is 0 Å². The van der Waals surface area contributed by atoms with E-state index < -0.39 is 0 Å². The molecule has 0 bridgehead atoms. The number of carbonyl (C=O) groups excluding carboxylic acids is 1. The van der Waals surface area contributed by atoms with E-state index >= 15 is 0 Å². The topological polar surface area (TPSA) is 17.1 Å². The second-order valence-corrected chi connectivity index (χ2v) is 7.35. The third kappa shape index (κ3) is 2.21. The second kappa shape index (κ2) is 3.96. The van der Waals surface area contributed by atoms with Crippen LogP contribution >= 0.6 is 0 Å². The van der Waals surface area contributed by atoms with E-state index in [9.17, 15) is 4.79 Å². The van der Waals surface area contributed by atoms with Crippen LogP contribution in [0.4, 0.5) is 0 Å². The predicted molar refractivity (Wildman–Crippen MR) is 71.8 cm³/mol. The SMILES string of the molecule is CC(=O)C1CC2=C(CC1(C)C)C(C)(C)CCC2. The third-order valence-corrected chi connectivity index (χ3v) is 5.04. The van der Waals surface area contributed by atoms with Gasteiger partial charge in [-0.2, -0.15) is 0 Å². The third-order valence-electron chi connectivity index (χ3n) is 5.04. The van der Waals surface area contributed by atoms with Gasteiger partial charge in [-0.25, -0.2) is 0 Å². The lowest BCUT2D eigenvalue weighted by atomic mass is 9.58. The summed E-state index contributed by atoms with van der Waals surface area (Å²) < 4.78 is 0. The van der Waals surface area contributed by atoms with Gasteiger partial charge < -0.3 is 0 Å². The van der Waals surface area contributed by atoms with Gasteiger partial charge in [0, 0.05) is 5.92 Å². The maximum atomic E-state index is 11.8. The largest absolute Gasteiger partial charge is 0.300 e. The molecule has 96 valence electrons. The van der Waals surface area contributed by atoms with Gasteiger partial charge in [0.2, 0.25) is 0 Å². The fourth-order valence-electron chi connectivity index (χ4n) is 3.91. The Balaban J connectivity index is 2.38. The molecule has 0 fully saturated rings. The summed E-state index contributed by atoms with van der Waals surface area (Å²) in [7, 11) is 0. The minimum absolute atomic E-state index is 0.152. The first-order valence-corrected chi connectivity index (χ1v) is 6.96. The quantitative estimate of drug-likeness (QED) is 0.610. The molecule has 0 saturated carbocycles. The zero-order chi connectivity index (χ0) is 12.8. The number of Topliss-reactive ketones (excluding diaryl/α,β-unsaturated/α-hetero) is 1. The summed E-state index contributed by atoms with van der Waals surface area (Å²) in [5.41, 5.74) is 3.80. The highest BCUT2D eigenvalue weighted by molar-refractivity contribution is 5.79. The smallest absolute Gasteiger partial charge is 0.133 e. The summed E-state index contributed by atoms with van der Waals surface area (Å²) in [6.45, 7) is 11.1. The summed E-state index contributed by atoms with van der Waals surface area (Å²) in [6.07, 6.45) is 6.00. The molecule has 0 saturated heterocycles. The summed E-state index contributed by atoms with van der Waals surface area (Å²) >= 11 is 0. The van der Waals surface area contributed by atoms with Gasteiger partial charge in [-0.05, 0) is 49.9 Å². The van der Waals surface area contributed by atoms with Crippen molar-refractivity contribution in [1.82, 2.24) is 0 Å². The van der Waals surface area contributed by atoms with Crippen molar-refractivity contribution in [2.75, 3.05) is 0 Å². The number of allylic oxidation sites excluding steroid dienone is 2. The predicted octanol–water partition coefficient (Wildman–Crippen LogP) is 4.52. The lowest BCUT2D eigenvalue weighted by Crippen LogP contribution is -2.38. The molecule has 17 heavy (non-hydrogen) atoms. The van der Waals surface area contributed by atoms with E-state index in [2.05, 4.69) is 27.7 Å².